The Kier molecular flexibility index (Phi) is 7.12. The van der Waals surface area contributed by atoms with Gasteiger partial charge < -0.3 is 10.1 Å². The third-order valence-electron chi connectivity index (χ3n) is 2.36. The molecule has 0 aliphatic heterocycles. The number of halogens is 4. The average Bonchev–Trinajstić information content (AvgIpc) is 2.36. The number of hydrogen-bond acceptors (Lipinski definition) is 3. The second-order valence-corrected chi connectivity index (χ2v) is 4.49. The lowest BCUT2D eigenvalue weighted by molar-refractivity contribution is -0.325. The Morgan fingerprint density at radius 1 is 1.25 bits per heavy atom. The van der Waals surface area contributed by atoms with E-state index in [1.807, 2.05) is 6.07 Å². The van der Waals surface area contributed by atoms with Crippen molar-refractivity contribution < 1.29 is 22.6 Å². The van der Waals surface area contributed by atoms with E-state index in [0.29, 0.717) is 17.3 Å². The van der Waals surface area contributed by atoms with E-state index < -0.39 is 13.0 Å². The van der Waals surface area contributed by atoms with E-state index in [4.69, 9.17) is 16.3 Å². The van der Waals surface area contributed by atoms with Gasteiger partial charge in [0.1, 0.15) is 12.4 Å². The van der Waals surface area contributed by atoms with Gasteiger partial charge in [-0.1, -0.05) is 24.6 Å². The summed E-state index contributed by atoms with van der Waals surface area (Å²) in [6, 6.07) is 5.18. The summed E-state index contributed by atoms with van der Waals surface area (Å²) in [7, 11) is 0. The standard InChI is InChI=1S/C13H17ClF3NO2/c1-2-5-18-9-10-3-4-12(11(14)8-10)19-6-7-20-13(15,16)17/h3-4,8,18H,2,5-7,9H2,1H3. The molecule has 7 heteroatoms. The van der Waals surface area contributed by atoms with Crippen molar-refractivity contribution in [2.75, 3.05) is 19.8 Å². The predicted octanol–water partition coefficient (Wildman–Crippen LogP) is 3.75. The van der Waals surface area contributed by atoms with Crippen LogP contribution in [0.1, 0.15) is 18.9 Å². The quantitative estimate of drug-likeness (QED) is 0.742. The molecule has 0 atom stereocenters. The van der Waals surface area contributed by atoms with E-state index in [1.54, 1.807) is 12.1 Å². The Labute approximate surface area is 121 Å². The molecule has 0 saturated carbocycles. The third kappa shape index (κ3) is 6.98. The van der Waals surface area contributed by atoms with Crippen LogP contribution in [-0.2, 0) is 11.3 Å². The minimum absolute atomic E-state index is 0.216. The maximum absolute atomic E-state index is 11.8. The van der Waals surface area contributed by atoms with Crippen molar-refractivity contribution in [2.24, 2.45) is 0 Å². The van der Waals surface area contributed by atoms with Gasteiger partial charge in [-0.2, -0.15) is 0 Å². The molecule has 1 aromatic rings. The van der Waals surface area contributed by atoms with Gasteiger partial charge in [0.15, 0.2) is 0 Å². The minimum Gasteiger partial charge on any atom is -0.490 e. The highest BCUT2D eigenvalue weighted by Crippen LogP contribution is 2.25. The van der Waals surface area contributed by atoms with Crippen LogP contribution >= 0.6 is 11.6 Å². The SMILES string of the molecule is CCCNCc1ccc(OCCOC(F)(F)F)c(Cl)c1. The highest BCUT2D eigenvalue weighted by Gasteiger charge is 2.28. The molecular formula is C13H17ClF3NO2. The monoisotopic (exact) mass is 311 g/mol. The van der Waals surface area contributed by atoms with E-state index >= 15 is 0 Å². The molecule has 0 saturated heterocycles. The molecule has 3 nitrogen and oxygen atoms in total. The molecule has 0 fully saturated rings. The summed E-state index contributed by atoms with van der Waals surface area (Å²) in [5.74, 6) is 0.344. The van der Waals surface area contributed by atoms with Gasteiger partial charge in [0.05, 0.1) is 11.6 Å². The maximum atomic E-state index is 11.8. The lowest BCUT2D eigenvalue weighted by Gasteiger charge is -2.11. The molecule has 1 aromatic carbocycles. The zero-order valence-corrected chi connectivity index (χ0v) is 11.9. The van der Waals surface area contributed by atoms with Gasteiger partial charge in [-0.15, -0.1) is 13.2 Å². The van der Waals surface area contributed by atoms with E-state index in [0.717, 1.165) is 18.5 Å². The molecule has 1 rings (SSSR count). The number of nitrogens with one attached hydrogen (secondary N) is 1. The summed E-state index contributed by atoms with van der Waals surface area (Å²) in [6.45, 7) is 2.88. The smallest absolute Gasteiger partial charge is 0.490 e. The molecule has 0 bridgehead atoms. The molecule has 0 spiro atoms. The summed E-state index contributed by atoms with van der Waals surface area (Å²) in [6.07, 6.45) is -3.60. The predicted molar refractivity (Wildman–Crippen MR) is 71.0 cm³/mol. The highest BCUT2D eigenvalue weighted by molar-refractivity contribution is 6.32. The normalized spacial score (nSPS) is 11.7. The number of ether oxygens (including phenoxy) is 2. The molecule has 0 radical (unpaired) electrons. The largest absolute Gasteiger partial charge is 0.522 e. The van der Waals surface area contributed by atoms with Gasteiger partial charge in [0.25, 0.3) is 0 Å². The molecule has 0 unspecified atom stereocenters. The van der Waals surface area contributed by atoms with E-state index in [-0.39, 0.29) is 6.61 Å². The third-order valence-corrected chi connectivity index (χ3v) is 2.65. The van der Waals surface area contributed by atoms with Crippen molar-refractivity contribution in [2.45, 2.75) is 26.3 Å². The molecule has 0 aliphatic carbocycles. The van der Waals surface area contributed by atoms with Crippen molar-refractivity contribution in [1.29, 1.82) is 0 Å². The zero-order chi connectivity index (χ0) is 15.0. The first kappa shape index (κ1) is 17.1. The van der Waals surface area contributed by atoms with Gasteiger partial charge in [-0.3, -0.25) is 4.74 Å². The minimum atomic E-state index is -4.64. The van der Waals surface area contributed by atoms with Gasteiger partial charge in [-0.05, 0) is 30.7 Å². The number of rotatable bonds is 8. The molecule has 114 valence electrons. The molecule has 1 N–H and O–H groups in total. The second-order valence-electron chi connectivity index (χ2n) is 4.08. The fraction of sp³-hybridized carbons (Fsp3) is 0.538. The first-order valence-electron chi connectivity index (χ1n) is 6.25. The van der Waals surface area contributed by atoms with Gasteiger partial charge in [-0.25, -0.2) is 0 Å². The Bertz CT molecular complexity index is 413. The fourth-order valence-corrected chi connectivity index (χ4v) is 1.75. The van der Waals surface area contributed by atoms with Gasteiger partial charge >= 0.3 is 6.36 Å². The maximum Gasteiger partial charge on any atom is 0.522 e. The second kappa shape index (κ2) is 8.34. The summed E-state index contributed by atoms with van der Waals surface area (Å²) >= 11 is 6.00. The lowest BCUT2D eigenvalue weighted by atomic mass is 10.2. The van der Waals surface area contributed by atoms with Crippen molar-refractivity contribution in [3.63, 3.8) is 0 Å². The molecule has 0 aromatic heterocycles. The van der Waals surface area contributed by atoms with Crippen LogP contribution < -0.4 is 10.1 Å². The van der Waals surface area contributed by atoms with E-state index in [2.05, 4.69) is 17.0 Å². The van der Waals surface area contributed by atoms with Crippen LogP contribution in [0.5, 0.6) is 5.75 Å². The van der Waals surface area contributed by atoms with Crippen molar-refractivity contribution in [3.05, 3.63) is 28.8 Å². The summed E-state index contributed by atoms with van der Waals surface area (Å²) in [5, 5.41) is 3.59. The van der Waals surface area contributed by atoms with Crippen LogP contribution in [0.3, 0.4) is 0 Å². The van der Waals surface area contributed by atoms with Crippen molar-refractivity contribution in [1.82, 2.24) is 5.32 Å². The van der Waals surface area contributed by atoms with Crippen LogP contribution in [-0.4, -0.2) is 26.1 Å². The summed E-state index contributed by atoms with van der Waals surface area (Å²) in [5.41, 5.74) is 0.988. The fourth-order valence-electron chi connectivity index (χ4n) is 1.49. The first-order chi connectivity index (χ1) is 9.42. The Morgan fingerprint density at radius 3 is 2.60 bits per heavy atom. The van der Waals surface area contributed by atoms with Crippen LogP contribution in [0.15, 0.2) is 18.2 Å². The molecule has 20 heavy (non-hydrogen) atoms. The van der Waals surface area contributed by atoms with Crippen LogP contribution in [0.25, 0.3) is 0 Å². The average molecular weight is 312 g/mol. The Morgan fingerprint density at radius 2 is 2.00 bits per heavy atom. The summed E-state index contributed by atoms with van der Waals surface area (Å²) < 4.78 is 44.0. The molecule has 0 amide bonds. The molecule has 0 heterocycles. The summed E-state index contributed by atoms with van der Waals surface area (Å²) in [4.78, 5) is 0. The van der Waals surface area contributed by atoms with Crippen molar-refractivity contribution in [3.8, 4) is 5.75 Å². The highest BCUT2D eigenvalue weighted by atomic mass is 35.5. The zero-order valence-electron chi connectivity index (χ0n) is 11.1. The Hall–Kier alpha value is -0.980. The van der Waals surface area contributed by atoms with Gasteiger partial charge in [0.2, 0.25) is 0 Å². The topological polar surface area (TPSA) is 30.5 Å². The number of benzene rings is 1. The lowest BCUT2D eigenvalue weighted by Crippen LogP contribution is -2.18. The van der Waals surface area contributed by atoms with E-state index in [9.17, 15) is 13.2 Å². The Balaban J connectivity index is 2.39. The van der Waals surface area contributed by atoms with Crippen LogP contribution in [0, 0.1) is 0 Å². The van der Waals surface area contributed by atoms with Crippen LogP contribution in [0.4, 0.5) is 13.2 Å². The molecular weight excluding hydrogens is 295 g/mol. The van der Waals surface area contributed by atoms with Gasteiger partial charge in [0, 0.05) is 6.54 Å². The first-order valence-corrected chi connectivity index (χ1v) is 6.63. The van der Waals surface area contributed by atoms with Crippen LogP contribution in [0.2, 0.25) is 5.02 Å². The van der Waals surface area contributed by atoms with E-state index in [1.165, 1.54) is 0 Å². The number of hydrogen-bond donors (Lipinski definition) is 1. The number of alkyl halides is 3. The van der Waals surface area contributed by atoms with Crippen molar-refractivity contribution >= 4 is 11.6 Å². The molecule has 0 aliphatic rings.